The maximum atomic E-state index is 13.3. The molecule has 2 aromatic rings. The zero-order valence-corrected chi connectivity index (χ0v) is 16.6. The molecular weight excluding hydrogens is 390 g/mol. The monoisotopic (exact) mass is 414 g/mol. The van der Waals surface area contributed by atoms with E-state index in [0.29, 0.717) is 17.2 Å². The summed E-state index contributed by atoms with van der Waals surface area (Å²) in [5.74, 6) is -3.16. The molecule has 0 aliphatic heterocycles. The summed E-state index contributed by atoms with van der Waals surface area (Å²) in [6.45, 7) is 1.36. The number of nitrogens with one attached hydrogen (secondary N) is 1. The third-order valence-electron chi connectivity index (χ3n) is 5.37. The van der Waals surface area contributed by atoms with E-state index in [1.54, 1.807) is 13.2 Å². The molecule has 154 valence electrons. The Labute approximate surface area is 167 Å². The molecule has 0 saturated heterocycles. The fourth-order valence-corrected chi connectivity index (χ4v) is 3.89. The normalized spacial score (nSPS) is 18.3. The topological polar surface area (TPSA) is 63.5 Å². The number of aryl methyl sites for hydroxylation is 1. The third-order valence-corrected chi connectivity index (χ3v) is 5.78. The van der Waals surface area contributed by atoms with E-state index in [4.69, 9.17) is 16.3 Å². The molecule has 1 saturated carbocycles. The van der Waals surface area contributed by atoms with Gasteiger partial charge in [0, 0.05) is 56.7 Å². The molecule has 3 rings (SSSR count). The first-order valence-electron chi connectivity index (χ1n) is 9.39. The van der Waals surface area contributed by atoms with Crippen LogP contribution in [0, 0.1) is 0 Å². The van der Waals surface area contributed by atoms with Gasteiger partial charge in [0.2, 0.25) is 5.92 Å². The second-order valence-electron chi connectivity index (χ2n) is 7.48. The van der Waals surface area contributed by atoms with Gasteiger partial charge in [0.1, 0.15) is 0 Å². The van der Waals surface area contributed by atoms with E-state index in [9.17, 15) is 18.7 Å². The highest BCUT2D eigenvalue weighted by Gasteiger charge is 2.42. The number of amides is 1. The van der Waals surface area contributed by atoms with Crippen LogP contribution in [0.5, 0.6) is 0 Å². The fraction of sp³-hybridized carbons (Fsp3) is 0.550. The van der Waals surface area contributed by atoms with Crippen molar-refractivity contribution in [3.63, 3.8) is 0 Å². The summed E-state index contributed by atoms with van der Waals surface area (Å²) in [5.41, 5.74) is -0.0853. The number of carbonyl (C=O) groups excluding carboxylic acids is 1. The smallest absolute Gasteiger partial charge is 0.252 e. The quantitative estimate of drug-likeness (QED) is 0.673. The van der Waals surface area contributed by atoms with Crippen LogP contribution < -0.4 is 5.32 Å². The van der Waals surface area contributed by atoms with Gasteiger partial charge < -0.3 is 19.7 Å². The van der Waals surface area contributed by atoms with E-state index >= 15 is 0 Å². The van der Waals surface area contributed by atoms with E-state index in [2.05, 4.69) is 5.32 Å². The lowest BCUT2D eigenvalue weighted by atomic mass is 9.82. The highest BCUT2D eigenvalue weighted by atomic mass is 35.5. The molecule has 0 spiro atoms. The minimum Gasteiger partial charge on any atom is -0.388 e. The van der Waals surface area contributed by atoms with Crippen molar-refractivity contribution in [3.05, 3.63) is 35.0 Å². The van der Waals surface area contributed by atoms with Crippen molar-refractivity contribution in [1.29, 1.82) is 0 Å². The second-order valence-corrected chi connectivity index (χ2v) is 7.86. The number of carbonyl (C=O) groups is 1. The molecule has 1 aromatic heterocycles. The molecule has 5 nitrogen and oxygen atoms in total. The minimum atomic E-state index is -2.74. The van der Waals surface area contributed by atoms with Crippen molar-refractivity contribution in [2.24, 2.45) is 0 Å². The first-order valence-corrected chi connectivity index (χ1v) is 9.77. The van der Waals surface area contributed by atoms with Crippen molar-refractivity contribution in [1.82, 2.24) is 9.88 Å². The predicted molar refractivity (Wildman–Crippen MR) is 104 cm³/mol. The number of fused-ring (bicyclic) bond motifs is 1. The number of hydrogen-bond acceptors (Lipinski definition) is 3. The van der Waals surface area contributed by atoms with Gasteiger partial charge in [0.25, 0.3) is 5.91 Å². The van der Waals surface area contributed by atoms with Gasteiger partial charge in [-0.1, -0.05) is 11.6 Å². The molecule has 1 amide bonds. The molecule has 0 atom stereocenters. The van der Waals surface area contributed by atoms with Gasteiger partial charge in [-0.05, 0) is 37.5 Å². The lowest BCUT2D eigenvalue weighted by Crippen LogP contribution is -2.47. The molecule has 1 aromatic carbocycles. The highest BCUT2D eigenvalue weighted by Crippen LogP contribution is 2.38. The summed E-state index contributed by atoms with van der Waals surface area (Å²) >= 11 is 6.44. The number of hydrogen-bond donors (Lipinski definition) is 2. The fourth-order valence-electron chi connectivity index (χ4n) is 3.58. The number of ether oxygens (including phenoxy) is 1. The predicted octanol–water partition coefficient (Wildman–Crippen LogP) is 4.00. The van der Waals surface area contributed by atoms with Crippen LogP contribution in [0.4, 0.5) is 8.78 Å². The van der Waals surface area contributed by atoms with Crippen LogP contribution in [-0.2, 0) is 11.3 Å². The van der Waals surface area contributed by atoms with Crippen LogP contribution >= 0.6 is 11.6 Å². The number of nitrogens with zero attached hydrogens (tertiary/aromatic N) is 1. The number of methoxy groups -OCH3 is 1. The third kappa shape index (κ3) is 4.64. The standard InChI is InChI=1S/C20H25ClF2N2O3/c1-28-12-2-10-25-11-5-14-16(25)4-3-15(17(14)21)18(26)24-13-19(27)6-8-20(22,23)9-7-19/h3-5,11,27H,2,6-10,12-13H2,1H3,(H,24,26). The van der Waals surface area contributed by atoms with Crippen molar-refractivity contribution in [2.45, 2.75) is 50.2 Å². The Morgan fingerprint density at radius 3 is 2.68 bits per heavy atom. The lowest BCUT2D eigenvalue weighted by Gasteiger charge is -2.35. The first kappa shape index (κ1) is 21.0. The van der Waals surface area contributed by atoms with Crippen LogP contribution in [0.2, 0.25) is 5.02 Å². The lowest BCUT2D eigenvalue weighted by molar-refractivity contribution is -0.101. The number of benzene rings is 1. The zero-order chi connectivity index (χ0) is 20.4. The maximum Gasteiger partial charge on any atom is 0.252 e. The molecule has 8 heteroatoms. The highest BCUT2D eigenvalue weighted by molar-refractivity contribution is 6.38. The second kappa shape index (κ2) is 8.35. The average Bonchev–Trinajstić information content (AvgIpc) is 3.07. The van der Waals surface area contributed by atoms with E-state index < -0.39 is 17.4 Å². The van der Waals surface area contributed by atoms with Gasteiger partial charge in [0.15, 0.2) is 0 Å². The summed E-state index contributed by atoms with van der Waals surface area (Å²) in [6.07, 6.45) is 1.94. The maximum absolute atomic E-state index is 13.3. The average molecular weight is 415 g/mol. The van der Waals surface area contributed by atoms with Gasteiger partial charge >= 0.3 is 0 Å². The molecular formula is C20H25ClF2N2O3. The molecule has 28 heavy (non-hydrogen) atoms. The van der Waals surface area contributed by atoms with Gasteiger partial charge in [-0.2, -0.15) is 0 Å². The van der Waals surface area contributed by atoms with Crippen LogP contribution in [0.1, 0.15) is 42.5 Å². The van der Waals surface area contributed by atoms with Crippen molar-refractivity contribution in [2.75, 3.05) is 20.3 Å². The Morgan fingerprint density at radius 2 is 2.00 bits per heavy atom. The van der Waals surface area contributed by atoms with Crippen molar-refractivity contribution < 1.29 is 23.4 Å². The van der Waals surface area contributed by atoms with Gasteiger partial charge in [-0.25, -0.2) is 8.78 Å². The summed E-state index contributed by atoms with van der Waals surface area (Å²) in [4.78, 5) is 12.6. The van der Waals surface area contributed by atoms with Crippen LogP contribution in [0.25, 0.3) is 10.9 Å². The SMILES string of the molecule is COCCCn1ccc2c(Cl)c(C(=O)NCC3(O)CCC(F)(F)CC3)ccc21. The molecule has 1 aliphatic carbocycles. The Kier molecular flexibility index (Phi) is 6.27. The number of aliphatic hydroxyl groups is 1. The van der Waals surface area contributed by atoms with Crippen LogP contribution in [0.3, 0.4) is 0 Å². The Balaban J connectivity index is 1.68. The van der Waals surface area contributed by atoms with E-state index in [1.165, 1.54) is 0 Å². The largest absolute Gasteiger partial charge is 0.388 e. The molecule has 2 N–H and O–H groups in total. The molecule has 0 unspecified atom stereocenters. The summed E-state index contributed by atoms with van der Waals surface area (Å²) < 4.78 is 33.7. The molecule has 1 heterocycles. The Morgan fingerprint density at radius 1 is 1.29 bits per heavy atom. The van der Waals surface area contributed by atoms with Gasteiger partial charge in [-0.3, -0.25) is 4.79 Å². The van der Waals surface area contributed by atoms with Crippen molar-refractivity contribution in [3.8, 4) is 0 Å². The molecule has 1 aliphatic rings. The molecule has 1 fully saturated rings. The zero-order valence-electron chi connectivity index (χ0n) is 15.8. The Bertz CT molecular complexity index is 843. The van der Waals surface area contributed by atoms with E-state index in [0.717, 1.165) is 23.9 Å². The van der Waals surface area contributed by atoms with Crippen molar-refractivity contribution >= 4 is 28.4 Å². The Hall–Kier alpha value is -1.70. The number of alkyl halides is 2. The van der Waals surface area contributed by atoms with Gasteiger partial charge in [-0.15, -0.1) is 0 Å². The number of halogens is 3. The molecule has 0 bridgehead atoms. The first-order chi connectivity index (χ1) is 13.2. The van der Waals surface area contributed by atoms with E-state index in [-0.39, 0.29) is 32.2 Å². The van der Waals surface area contributed by atoms with Crippen LogP contribution in [-0.4, -0.2) is 47.4 Å². The van der Waals surface area contributed by atoms with Gasteiger partial charge in [0.05, 0.1) is 16.2 Å². The van der Waals surface area contributed by atoms with E-state index in [1.807, 2.05) is 22.9 Å². The summed E-state index contributed by atoms with van der Waals surface area (Å²) in [6, 6.07) is 5.34. The van der Waals surface area contributed by atoms with Crippen LogP contribution in [0.15, 0.2) is 24.4 Å². The number of rotatable bonds is 7. The minimum absolute atomic E-state index is 0.0443. The summed E-state index contributed by atoms with van der Waals surface area (Å²) in [7, 11) is 1.66. The summed E-state index contributed by atoms with van der Waals surface area (Å²) in [5, 5.41) is 14.2. The number of aromatic nitrogens is 1. The molecule has 0 radical (unpaired) electrons.